The molecule has 0 aromatic rings. The van der Waals surface area contributed by atoms with E-state index in [2.05, 4.69) is 0 Å². The molecule has 0 radical (unpaired) electrons. The van der Waals surface area contributed by atoms with Gasteiger partial charge in [0.05, 0.1) is 23.7 Å². The Labute approximate surface area is 125 Å². The van der Waals surface area contributed by atoms with Crippen LogP contribution in [0.5, 0.6) is 0 Å². The highest BCUT2D eigenvalue weighted by atomic mass is 16.5. The highest BCUT2D eigenvalue weighted by Crippen LogP contribution is 2.37. The molecule has 1 aliphatic carbocycles. The molecule has 21 heavy (non-hydrogen) atoms. The van der Waals surface area contributed by atoms with Crippen LogP contribution in [0.15, 0.2) is 0 Å². The van der Waals surface area contributed by atoms with E-state index >= 15 is 0 Å². The van der Waals surface area contributed by atoms with Gasteiger partial charge in [0.1, 0.15) is 0 Å². The lowest BCUT2D eigenvalue weighted by molar-refractivity contribution is -0.181. The van der Waals surface area contributed by atoms with Crippen LogP contribution in [0.25, 0.3) is 0 Å². The molecule has 0 aromatic heterocycles. The molecule has 2 aliphatic heterocycles. The lowest BCUT2D eigenvalue weighted by Crippen LogP contribution is -2.47. The smallest absolute Gasteiger partial charge is 0.306 e. The fraction of sp³-hybridized carbons (Fsp3) is 0.938. The number of hydrogen-bond acceptors (Lipinski definition) is 4. The molecule has 120 valence electrons. The van der Waals surface area contributed by atoms with E-state index in [-0.39, 0.29) is 23.7 Å². The number of rotatable bonds is 3. The largest absolute Gasteiger partial charge is 0.481 e. The van der Waals surface area contributed by atoms with Crippen LogP contribution in [-0.2, 0) is 19.0 Å². The topological polar surface area (TPSA) is 65.0 Å². The van der Waals surface area contributed by atoms with Gasteiger partial charge >= 0.3 is 5.97 Å². The SMILES string of the molecule is O=C(O)C1CCC(OC2CCOC3(CCOCC3)C2)CC1. The molecule has 1 saturated carbocycles. The van der Waals surface area contributed by atoms with Crippen molar-refractivity contribution in [3.05, 3.63) is 0 Å². The maximum Gasteiger partial charge on any atom is 0.306 e. The first-order chi connectivity index (χ1) is 10.2. The van der Waals surface area contributed by atoms with Gasteiger partial charge in [0.15, 0.2) is 0 Å². The van der Waals surface area contributed by atoms with E-state index in [1.165, 1.54) is 0 Å². The Morgan fingerprint density at radius 1 is 1.00 bits per heavy atom. The van der Waals surface area contributed by atoms with Crippen molar-refractivity contribution in [1.82, 2.24) is 0 Å². The van der Waals surface area contributed by atoms with E-state index in [4.69, 9.17) is 19.3 Å². The first kappa shape index (κ1) is 15.3. The third-order valence-corrected chi connectivity index (χ3v) is 5.26. The number of ether oxygens (including phenoxy) is 3. The second-order valence-corrected chi connectivity index (χ2v) is 6.71. The van der Waals surface area contributed by atoms with Gasteiger partial charge in [-0.05, 0) is 44.9 Å². The molecule has 1 spiro atoms. The Hall–Kier alpha value is -0.650. The summed E-state index contributed by atoms with van der Waals surface area (Å²) >= 11 is 0. The van der Waals surface area contributed by atoms with E-state index in [1.807, 2.05) is 0 Å². The predicted molar refractivity (Wildman–Crippen MR) is 76.2 cm³/mol. The molecule has 0 bridgehead atoms. The third-order valence-electron chi connectivity index (χ3n) is 5.26. The Morgan fingerprint density at radius 2 is 1.71 bits per heavy atom. The maximum absolute atomic E-state index is 11.0. The van der Waals surface area contributed by atoms with Crippen molar-refractivity contribution in [1.29, 1.82) is 0 Å². The first-order valence-corrected chi connectivity index (χ1v) is 8.27. The van der Waals surface area contributed by atoms with Gasteiger partial charge in [0.2, 0.25) is 0 Å². The maximum atomic E-state index is 11.0. The Kier molecular flexibility index (Phi) is 4.82. The van der Waals surface area contributed by atoms with Crippen LogP contribution in [0, 0.1) is 5.92 Å². The minimum atomic E-state index is -0.652. The summed E-state index contributed by atoms with van der Waals surface area (Å²) in [6.07, 6.45) is 7.64. The van der Waals surface area contributed by atoms with Crippen LogP contribution in [0.2, 0.25) is 0 Å². The minimum Gasteiger partial charge on any atom is -0.481 e. The van der Waals surface area contributed by atoms with Crippen LogP contribution < -0.4 is 0 Å². The zero-order chi connectivity index (χ0) is 14.7. The van der Waals surface area contributed by atoms with Gasteiger partial charge in [-0.3, -0.25) is 4.79 Å². The average Bonchev–Trinajstić information content (AvgIpc) is 2.49. The molecule has 0 amide bonds. The van der Waals surface area contributed by atoms with E-state index < -0.39 is 5.97 Å². The van der Waals surface area contributed by atoms with Crippen molar-refractivity contribution < 1.29 is 24.1 Å². The van der Waals surface area contributed by atoms with Gasteiger partial charge in [-0.25, -0.2) is 0 Å². The Balaban J connectivity index is 1.48. The molecular formula is C16H26O5. The summed E-state index contributed by atoms with van der Waals surface area (Å²) in [6.45, 7) is 2.35. The molecule has 1 atom stereocenters. The normalized spacial score (nSPS) is 36.5. The van der Waals surface area contributed by atoms with Crippen molar-refractivity contribution in [3.63, 3.8) is 0 Å². The standard InChI is InChI=1S/C16H26O5/c17-15(18)12-1-3-13(4-2-12)21-14-5-8-20-16(11-14)6-9-19-10-7-16/h12-14H,1-11H2,(H,17,18). The van der Waals surface area contributed by atoms with Gasteiger partial charge in [-0.1, -0.05) is 0 Å². The number of carboxylic acids is 1. The monoisotopic (exact) mass is 298 g/mol. The number of hydrogen-bond donors (Lipinski definition) is 1. The van der Waals surface area contributed by atoms with Crippen molar-refractivity contribution in [3.8, 4) is 0 Å². The van der Waals surface area contributed by atoms with Gasteiger partial charge in [-0.15, -0.1) is 0 Å². The zero-order valence-corrected chi connectivity index (χ0v) is 12.6. The molecule has 1 unspecified atom stereocenters. The summed E-state index contributed by atoms with van der Waals surface area (Å²) in [5, 5.41) is 9.04. The van der Waals surface area contributed by atoms with Crippen molar-refractivity contribution in [2.75, 3.05) is 19.8 Å². The molecule has 3 aliphatic rings. The predicted octanol–water partition coefficient (Wildman–Crippen LogP) is 2.37. The lowest BCUT2D eigenvalue weighted by atomic mass is 9.84. The van der Waals surface area contributed by atoms with Crippen molar-refractivity contribution in [2.45, 2.75) is 69.2 Å². The molecule has 2 heterocycles. The molecule has 2 saturated heterocycles. The molecule has 5 heteroatoms. The number of carbonyl (C=O) groups is 1. The van der Waals surface area contributed by atoms with Gasteiger partial charge in [0, 0.05) is 26.2 Å². The quantitative estimate of drug-likeness (QED) is 0.866. The van der Waals surface area contributed by atoms with Gasteiger partial charge in [0.25, 0.3) is 0 Å². The first-order valence-electron chi connectivity index (χ1n) is 8.27. The third kappa shape index (κ3) is 3.76. The van der Waals surface area contributed by atoms with Crippen LogP contribution in [0.1, 0.15) is 51.4 Å². The molecule has 5 nitrogen and oxygen atoms in total. The van der Waals surface area contributed by atoms with Crippen molar-refractivity contribution in [2.24, 2.45) is 5.92 Å². The summed E-state index contributed by atoms with van der Waals surface area (Å²) in [5.74, 6) is -0.818. The lowest BCUT2D eigenvalue weighted by Gasteiger charge is -2.44. The highest BCUT2D eigenvalue weighted by molar-refractivity contribution is 5.70. The number of carboxylic acid groups (broad SMARTS) is 1. The molecule has 3 fully saturated rings. The fourth-order valence-electron chi connectivity index (χ4n) is 3.91. The average molecular weight is 298 g/mol. The summed E-state index contributed by atoms with van der Waals surface area (Å²) < 4.78 is 17.8. The molecular weight excluding hydrogens is 272 g/mol. The van der Waals surface area contributed by atoms with Crippen LogP contribution in [0.3, 0.4) is 0 Å². The second kappa shape index (κ2) is 6.63. The molecule has 1 N–H and O–H groups in total. The highest BCUT2D eigenvalue weighted by Gasteiger charge is 2.40. The van der Waals surface area contributed by atoms with E-state index in [0.29, 0.717) is 0 Å². The minimum absolute atomic E-state index is 0.0283. The fourth-order valence-corrected chi connectivity index (χ4v) is 3.91. The van der Waals surface area contributed by atoms with Crippen LogP contribution in [-0.4, -0.2) is 48.7 Å². The second-order valence-electron chi connectivity index (χ2n) is 6.71. The summed E-state index contributed by atoms with van der Waals surface area (Å²) in [6, 6.07) is 0. The summed E-state index contributed by atoms with van der Waals surface area (Å²) in [4.78, 5) is 11.0. The summed E-state index contributed by atoms with van der Waals surface area (Å²) in [5.41, 5.74) is -0.0283. The van der Waals surface area contributed by atoms with Gasteiger partial charge < -0.3 is 19.3 Å². The summed E-state index contributed by atoms with van der Waals surface area (Å²) in [7, 11) is 0. The van der Waals surface area contributed by atoms with E-state index in [0.717, 1.165) is 71.2 Å². The van der Waals surface area contributed by atoms with E-state index in [9.17, 15) is 4.79 Å². The Morgan fingerprint density at radius 3 is 2.38 bits per heavy atom. The van der Waals surface area contributed by atoms with Crippen molar-refractivity contribution >= 4 is 5.97 Å². The Bertz CT molecular complexity index is 350. The van der Waals surface area contributed by atoms with E-state index in [1.54, 1.807) is 0 Å². The molecule has 0 aromatic carbocycles. The zero-order valence-electron chi connectivity index (χ0n) is 12.6. The number of aliphatic carboxylic acids is 1. The van der Waals surface area contributed by atoms with Crippen LogP contribution in [0.4, 0.5) is 0 Å². The van der Waals surface area contributed by atoms with Gasteiger partial charge in [-0.2, -0.15) is 0 Å². The van der Waals surface area contributed by atoms with Crippen LogP contribution >= 0.6 is 0 Å². The molecule has 3 rings (SSSR count).